The molecule has 1 nitrogen and oxygen atoms in total. The van der Waals surface area contributed by atoms with Gasteiger partial charge in [0.1, 0.15) is 5.82 Å². The maximum absolute atomic E-state index is 12.9. The molecule has 2 aromatic rings. The molecular formula is C16H13FO. The molecule has 1 N–H and O–H groups in total. The minimum atomic E-state index is -0.573. The molecule has 2 atom stereocenters. The van der Waals surface area contributed by atoms with Crippen molar-refractivity contribution >= 4 is 6.08 Å². The second kappa shape index (κ2) is 4.39. The van der Waals surface area contributed by atoms with E-state index in [0.29, 0.717) is 0 Å². The van der Waals surface area contributed by atoms with Gasteiger partial charge in [0.25, 0.3) is 0 Å². The first-order chi connectivity index (χ1) is 8.75. The molecule has 2 aromatic carbocycles. The second-order valence-corrected chi connectivity index (χ2v) is 4.51. The number of fused-ring (bicyclic) bond motifs is 1. The Bertz CT molecular complexity index is 586. The molecule has 0 fully saturated rings. The summed E-state index contributed by atoms with van der Waals surface area (Å²) in [7, 11) is 0. The fraction of sp³-hybridized carbons (Fsp3) is 0.125. The van der Waals surface area contributed by atoms with E-state index in [9.17, 15) is 9.50 Å². The van der Waals surface area contributed by atoms with Crippen LogP contribution in [0.5, 0.6) is 0 Å². The number of benzene rings is 2. The number of halogens is 1. The van der Waals surface area contributed by atoms with Crippen LogP contribution in [0.3, 0.4) is 0 Å². The monoisotopic (exact) mass is 240 g/mol. The zero-order valence-corrected chi connectivity index (χ0v) is 9.75. The van der Waals surface area contributed by atoms with Crippen LogP contribution in [0.15, 0.2) is 54.6 Å². The average Bonchev–Trinajstić information content (AvgIpc) is 2.41. The standard InChI is InChI=1S/C16H13FO/c17-13-8-5-12(6-9-13)15-10-7-11-3-1-2-4-14(11)16(15)18/h1-10,15-16,18H/t15-,16?/m1/s1. The first-order valence-electron chi connectivity index (χ1n) is 5.96. The molecule has 2 heteroatoms. The lowest BCUT2D eigenvalue weighted by Crippen LogP contribution is -2.13. The lowest BCUT2D eigenvalue weighted by Gasteiger charge is -2.26. The predicted octanol–water partition coefficient (Wildman–Crippen LogP) is 3.67. The molecule has 0 amide bonds. The van der Waals surface area contributed by atoms with Gasteiger partial charge in [0.2, 0.25) is 0 Å². The van der Waals surface area contributed by atoms with Crippen molar-refractivity contribution in [3.8, 4) is 0 Å². The van der Waals surface area contributed by atoms with Gasteiger partial charge in [-0.3, -0.25) is 0 Å². The van der Waals surface area contributed by atoms with Gasteiger partial charge in [0, 0.05) is 5.92 Å². The smallest absolute Gasteiger partial charge is 0.123 e. The van der Waals surface area contributed by atoms with E-state index < -0.39 is 6.10 Å². The molecule has 18 heavy (non-hydrogen) atoms. The van der Waals surface area contributed by atoms with Crippen molar-refractivity contribution in [1.82, 2.24) is 0 Å². The van der Waals surface area contributed by atoms with E-state index in [-0.39, 0.29) is 11.7 Å². The van der Waals surface area contributed by atoms with Crippen molar-refractivity contribution in [2.75, 3.05) is 0 Å². The van der Waals surface area contributed by atoms with E-state index in [4.69, 9.17) is 0 Å². The van der Waals surface area contributed by atoms with Crippen LogP contribution in [0.4, 0.5) is 4.39 Å². The van der Waals surface area contributed by atoms with Crippen LogP contribution in [0.1, 0.15) is 28.7 Å². The van der Waals surface area contributed by atoms with Gasteiger partial charge in [-0.25, -0.2) is 4.39 Å². The largest absolute Gasteiger partial charge is 0.387 e. The molecule has 1 aliphatic rings. The Kier molecular flexibility index (Phi) is 2.73. The molecule has 0 aliphatic heterocycles. The molecule has 1 unspecified atom stereocenters. The van der Waals surface area contributed by atoms with Crippen LogP contribution < -0.4 is 0 Å². The minimum absolute atomic E-state index is 0.111. The SMILES string of the molecule is OC1c2ccccc2C=C[C@@H]1c1ccc(F)cc1. The van der Waals surface area contributed by atoms with Crippen LogP contribution >= 0.6 is 0 Å². The van der Waals surface area contributed by atoms with E-state index in [0.717, 1.165) is 16.7 Å². The molecular weight excluding hydrogens is 227 g/mol. The van der Waals surface area contributed by atoms with Crippen molar-refractivity contribution < 1.29 is 9.50 Å². The van der Waals surface area contributed by atoms with Gasteiger partial charge in [0.05, 0.1) is 6.10 Å². The van der Waals surface area contributed by atoms with E-state index in [1.165, 1.54) is 12.1 Å². The normalized spacial score (nSPS) is 21.7. The number of aliphatic hydroxyl groups excluding tert-OH is 1. The zero-order chi connectivity index (χ0) is 12.5. The van der Waals surface area contributed by atoms with Gasteiger partial charge in [-0.2, -0.15) is 0 Å². The highest BCUT2D eigenvalue weighted by Gasteiger charge is 2.25. The molecule has 0 heterocycles. The Morgan fingerprint density at radius 3 is 2.44 bits per heavy atom. The summed E-state index contributed by atoms with van der Waals surface area (Å²) in [5.41, 5.74) is 2.90. The van der Waals surface area contributed by atoms with Crippen LogP contribution in [0, 0.1) is 5.82 Å². The fourth-order valence-electron chi connectivity index (χ4n) is 2.42. The molecule has 3 rings (SSSR count). The van der Waals surface area contributed by atoms with Gasteiger partial charge in [-0.15, -0.1) is 0 Å². The van der Waals surface area contributed by atoms with Crippen molar-refractivity contribution in [1.29, 1.82) is 0 Å². The van der Waals surface area contributed by atoms with E-state index in [1.54, 1.807) is 12.1 Å². The summed E-state index contributed by atoms with van der Waals surface area (Å²) in [6.45, 7) is 0. The molecule has 0 spiro atoms. The number of hydrogen-bond donors (Lipinski definition) is 1. The fourth-order valence-corrected chi connectivity index (χ4v) is 2.42. The molecule has 0 saturated carbocycles. The molecule has 0 aromatic heterocycles. The molecule has 1 aliphatic carbocycles. The van der Waals surface area contributed by atoms with Gasteiger partial charge < -0.3 is 5.11 Å². The summed E-state index contributed by atoms with van der Waals surface area (Å²) in [6.07, 6.45) is 3.41. The number of hydrogen-bond acceptors (Lipinski definition) is 1. The van der Waals surface area contributed by atoms with Gasteiger partial charge in [-0.1, -0.05) is 48.6 Å². The highest BCUT2D eigenvalue weighted by Crippen LogP contribution is 2.38. The Morgan fingerprint density at radius 1 is 0.944 bits per heavy atom. The quantitative estimate of drug-likeness (QED) is 0.806. The highest BCUT2D eigenvalue weighted by molar-refractivity contribution is 5.59. The Morgan fingerprint density at radius 2 is 1.67 bits per heavy atom. The minimum Gasteiger partial charge on any atom is -0.387 e. The zero-order valence-electron chi connectivity index (χ0n) is 9.75. The summed E-state index contributed by atoms with van der Waals surface area (Å²) in [4.78, 5) is 0. The maximum Gasteiger partial charge on any atom is 0.123 e. The highest BCUT2D eigenvalue weighted by atomic mass is 19.1. The summed E-state index contributed by atoms with van der Waals surface area (Å²) in [5.74, 6) is -0.367. The third kappa shape index (κ3) is 1.85. The van der Waals surface area contributed by atoms with Crippen molar-refractivity contribution in [2.45, 2.75) is 12.0 Å². The lowest BCUT2D eigenvalue weighted by atomic mass is 9.83. The van der Waals surface area contributed by atoms with E-state index >= 15 is 0 Å². The van der Waals surface area contributed by atoms with Crippen molar-refractivity contribution in [2.24, 2.45) is 0 Å². The molecule has 0 radical (unpaired) electrons. The van der Waals surface area contributed by atoms with E-state index in [1.807, 2.05) is 36.4 Å². The third-order valence-electron chi connectivity index (χ3n) is 3.39. The third-order valence-corrected chi connectivity index (χ3v) is 3.39. The summed E-state index contributed by atoms with van der Waals surface area (Å²) >= 11 is 0. The average molecular weight is 240 g/mol. The number of aliphatic hydroxyl groups is 1. The van der Waals surface area contributed by atoms with E-state index in [2.05, 4.69) is 0 Å². The summed E-state index contributed by atoms with van der Waals surface area (Å²) in [5, 5.41) is 10.4. The summed E-state index contributed by atoms with van der Waals surface area (Å²) in [6, 6.07) is 14.1. The number of rotatable bonds is 1. The topological polar surface area (TPSA) is 20.2 Å². The summed E-state index contributed by atoms with van der Waals surface area (Å²) < 4.78 is 12.9. The van der Waals surface area contributed by atoms with Crippen LogP contribution in [-0.2, 0) is 0 Å². The Hall–Kier alpha value is -1.93. The van der Waals surface area contributed by atoms with Gasteiger partial charge >= 0.3 is 0 Å². The first-order valence-corrected chi connectivity index (χ1v) is 5.96. The van der Waals surface area contributed by atoms with Crippen LogP contribution in [0.2, 0.25) is 0 Å². The first kappa shape index (κ1) is 11.2. The Balaban J connectivity index is 2.00. The van der Waals surface area contributed by atoms with Crippen molar-refractivity contribution in [3.63, 3.8) is 0 Å². The molecule has 0 saturated heterocycles. The van der Waals surface area contributed by atoms with Gasteiger partial charge in [0.15, 0.2) is 0 Å². The maximum atomic E-state index is 12.9. The molecule has 90 valence electrons. The lowest BCUT2D eigenvalue weighted by molar-refractivity contribution is 0.160. The van der Waals surface area contributed by atoms with Gasteiger partial charge in [-0.05, 0) is 28.8 Å². The predicted molar refractivity (Wildman–Crippen MR) is 69.6 cm³/mol. The van der Waals surface area contributed by atoms with Crippen molar-refractivity contribution in [3.05, 3.63) is 77.1 Å². The Labute approximate surface area is 105 Å². The van der Waals surface area contributed by atoms with Crippen LogP contribution in [0.25, 0.3) is 6.08 Å². The van der Waals surface area contributed by atoms with Crippen LogP contribution in [-0.4, -0.2) is 5.11 Å². The molecule has 0 bridgehead atoms. The second-order valence-electron chi connectivity index (χ2n) is 4.51.